The number of carbonyl (C=O) groups excluding carboxylic acids is 2. The third kappa shape index (κ3) is 3.94. The second-order valence-corrected chi connectivity index (χ2v) is 7.13. The van der Waals surface area contributed by atoms with Gasteiger partial charge < -0.3 is 20.1 Å². The number of nitrogens with one attached hydrogen (secondary N) is 2. The molecule has 2 amide bonds. The summed E-state index contributed by atoms with van der Waals surface area (Å²) < 4.78 is 25.3. The number of aromatic nitrogens is 2. The van der Waals surface area contributed by atoms with Gasteiger partial charge in [0.15, 0.2) is 0 Å². The maximum atomic E-state index is 13.3. The van der Waals surface area contributed by atoms with Crippen LogP contribution >= 0.6 is 0 Å². The number of benzene rings is 2. The Morgan fingerprint density at radius 3 is 2.42 bits per heavy atom. The van der Waals surface area contributed by atoms with Crippen LogP contribution in [0.25, 0.3) is 11.3 Å². The molecular formula is C22H21FN4O4. The van der Waals surface area contributed by atoms with Crippen molar-refractivity contribution in [2.75, 3.05) is 24.9 Å². The highest BCUT2D eigenvalue weighted by Crippen LogP contribution is 2.35. The summed E-state index contributed by atoms with van der Waals surface area (Å²) in [6.45, 7) is 1.80. The van der Waals surface area contributed by atoms with E-state index in [0.29, 0.717) is 39.8 Å². The van der Waals surface area contributed by atoms with Gasteiger partial charge in [0.1, 0.15) is 29.2 Å². The van der Waals surface area contributed by atoms with Crippen LogP contribution in [0.2, 0.25) is 0 Å². The number of hydrogen-bond donors (Lipinski definition) is 2. The zero-order chi connectivity index (χ0) is 22.1. The molecule has 0 fully saturated rings. The molecule has 0 aliphatic carbocycles. The van der Waals surface area contributed by atoms with Crippen molar-refractivity contribution in [2.24, 2.45) is 0 Å². The first-order valence-electron chi connectivity index (χ1n) is 9.58. The van der Waals surface area contributed by atoms with Crippen molar-refractivity contribution in [3.05, 3.63) is 53.8 Å². The molecule has 160 valence electrons. The van der Waals surface area contributed by atoms with Crippen LogP contribution in [0.15, 0.2) is 42.5 Å². The molecule has 1 aliphatic heterocycles. The molecule has 3 aromatic rings. The lowest BCUT2D eigenvalue weighted by atomic mass is 10.1. The van der Waals surface area contributed by atoms with E-state index in [1.165, 1.54) is 31.0 Å². The smallest absolute Gasteiger partial charge is 0.249 e. The predicted molar refractivity (Wildman–Crippen MR) is 113 cm³/mol. The van der Waals surface area contributed by atoms with Crippen molar-refractivity contribution in [2.45, 2.75) is 19.4 Å². The fourth-order valence-electron chi connectivity index (χ4n) is 3.53. The molecule has 2 heterocycles. The Bertz CT molecular complexity index is 1130. The fourth-order valence-corrected chi connectivity index (χ4v) is 3.53. The third-order valence-electron chi connectivity index (χ3n) is 5.12. The standard InChI is InChI=1S/C22H21FN4O4/c1-12-20(13-4-6-14(23)7-5-13)26-27-18(11-19(28)25-21(12)27)22(29)24-15-8-16(30-2)10-17(9-15)31-3/h4-10,18H,11H2,1-3H3,(H,24,29)(H,25,28)/t18-/m0/s1. The summed E-state index contributed by atoms with van der Waals surface area (Å²) in [5.41, 5.74) is 2.42. The van der Waals surface area contributed by atoms with Crippen LogP contribution in [0.4, 0.5) is 15.9 Å². The minimum absolute atomic E-state index is 0.0656. The van der Waals surface area contributed by atoms with E-state index >= 15 is 0 Å². The Kier molecular flexibility index (Phi) is 5.33. The summed E-state index contributed by atoms with van der Waals surface area (Å²) in [6.07, 6.45) is -0.0656. The maximum absolute atomic E-state index is 13.3. The zero-order valence-electron chi connectivity index (χ0n) is 17.2. The molecule has 1 aliphatic rings. The van der Waals surface area contributed by atoms with E-state index in [4.69, 9.17) is 9.47 Å². The van der Waals surface area contributed by atoms with Crippen molar-refractivity contribution in [1.82, 2.24) is 9.78 Å². The second-order valence-electron chi connectivity index (χ2n) is 7.13. The number of rotatable bonds is 5. The van der Waals surface area contributed by atoms with Gasteiger partial charge in [0, 0.05) is 35.0 Å². The van der Waals surface area contributed by atoms with E-state index in [2.05, 4.69) is 15.7 Å². The molecule has 2 N–H and O–H groups in total. The lowest BCUT2D eigenvalue weighted by molar-refractivity contribution is -0.125. The van der Waals surface area contributed by atoms with Gasteiger partial charge in [-0.2, -0.15) is 5.10 Å². The summed E-state index contributed by atoms with van der Waals surface area (Å²) in [5.74, 6) is 0.434. The van der Waals surface area contributed by atoms with E-state index < -0.39 is 11.9 Å². The Labute approximate surface area is 178 Å². The number of fused-ring (bicyclic) bond motifs is 1. The highest BCUT2D eigenvalue weighted by atomic mass is 19.1. The molecule has 0 saturated heterocycles. The van der Waals surface area contributed by atoms with Crippen LogP contribution in [0.5, 0.6) is 11.5 Å². The van der Waals surface area contributed by atoms with Gasteiger partial charge in [-0.05, 0) is 31.2 Å². The number of carbonyl (C=O) groups is 2. The van der Waals surface area contributed by atoms with Crippen molar-refractivity contribution < 1.29 is 23.5 Å². The normalized spacial score (nSPS) is 15.1. The number of nitrogens with zero attached hydrogens (tertiary/aromatic N) is 2. The molecule has 8 nitrogen and oxygen atoms in total. The fraction of sp³-hybridized carbons (Fsp3) is 0.227. The average molecular weight is 424 g/mol. The van der Waals surface area contributed by atoms with Crippen LogP contribution in [-0.2, 0) is 9.59 Å². The van der Waals surface area contributed by atoms with Crippen molar-refractivity contribution in [3.63, 3.8) is 0 Å². The summed E-state index contributed by atoms with van der Waals surface area (Å²) in [6, 6.07) is 10.0. The molecule has 1 atom stereocenters. The maximum Gasteiger partial charge on any atom is 0.249 e. The largest absolute Gasteiger partial charge is 0.497 e. The lowest BCUT2D eigenvalue weighted by Gasteiger charge is -2.24. The minimum atomic E-state index is -0.853. The topological polar surface area (TPSA) is 94.5 Å². The van der Waals surface area contributed by atoms with E-state index in [1.807, 2.05) is 0 Å². The Hall–Kier alpha value is -3.88. The lowest BCUT2D eigenvalue weighted by Crippen LogP contribution is -2.35. The van der Waals surface area contributed by atoms with Crippen LogP contribution in [0.3, 0.4) is 0 Å². The zero-order valence-corrected chi connectivity index (χ0v) is 17.2. The molecular weight excluding hydrogens is 403 g/mol. The van der Waals surface area contributed by atoms with Crippen LogP contribution in [-0.4, -0.2) is 35.8 Å². The average Bonchev–Trinajstić information content (AvgIpc) is 3.09. The number of methoxy groups -OCH3 is 2. The quantitative estimate of drug-likeness (QED) is 0.653. The highest BCUT2D eigenvalue weighted by molar-refractivity contribution is 6.02. The van der Waals surface area contributed by atoms with Crippen LogP contribution in [0, 0.1) is 12.7 Å². The van der Waals surface area contributed by atoms with Gasteiger partial charge >= 0.3 is 0 Å². The predicted octanol–water partition coefficient (Wildman–Crippen LogP) is 3.54. The molecule has 9 heteroatoms. The van der Waals surface area contributed by atoms with Gasteiger partial charge in [-0.25, -0.2) is 9.07 Å². The molecule has 0 spiro atoms. The molecule has 0 saturated carbocycles. The van der Waals surface area contributed by atoms with Gasteiger partial charge in [-0.3, -0.25) is 9.59 Å². The van der Waals surface area contributed by atoms with Crippen LogP contribution in [0.1, 0.15) is 18.0 Å². The molecule has 4 rings (SSSR count). The van der Waals surface area contributed by atoms with Gasteiger partial charge in [0.2, 0.25) is 11.8 Å². The van der Waals surface area contributed by atoms with Gasteiger partial charge in [0.05, 0.1) is 26.3 Å². The molecule has 0 radical (unpaired) electrons. The number of halogens is 1. The molecule has 31 heavy (non-hydrogen) atoms. The van der Waals surface area contributed by atoms with Crippen LogP contribution < -0.4 is 20.1 Å². The monoisotopic (exact) mass is 424 g/mol. The SMILES string of the molecule is COc1cc(NC(=O)[C@@H]2CC(=O)Nc3c(C)c(-c4ccc(F)cc4)nn32)cc(OC)c1. The molecule has 0 unspecified atom stereocenters. The molecule has 2 aromatic carbocycles. The van der Waals surface area contributed by atoms with Gasteiger partial charge in [0.25, 0.3) is 0 Å². The van der Waals surface area contributed by atoms with Gasteiger partial charge in [-0.15, -0.1) is 0 Å². The van der Waals surface area contributed by atoms with Crippen molar-refractivity contribution >= 4 is 23.3 Å². The first kappa shape index (κ1) is 20.4. The number of ether oxygens (including phenoxy) is 2. The number of amides is 2. The highest BCUT2D eigenvalue weighted by Gasteiger charge is 2.34. The first-order chi connectivity index (χ1) is 14.9. The summed E-state index contributed by atoms with van der Waals surface area (Å²) in [7, 11) is 3.03. The number of hydrogen-bond acceptors (Lipinski definition) is 5. The van der Waals surface area contributed by atoms with Crippen molar-refractivity contribution in [3.8, 4) is 22.8 Å². The van der Waals surface area contributed by atoms with Gasteiger partial charge in [-0.1, -0.05) is 0 Å². The summed E-state index contributed by atoms with van der Waals surface area (Å²) >= 11 is 0. The Morgan fingerprint density at radius 2 is 1.81 bits per heavy atom. The second kappa shape index (κ2) is 8.10. The summed E-state index contributed by atoms with van der Waals surface area (Å²) in [5, 5.41) is 10.2. The van der Waals surface area contributed by atoms with Crippen molar-refractivity contribution in [1.29, 1.82) is 0 Å². The van der Waals surface area contributed by atoms with E-state index in [9.17, 15) is 14.0 Å². The van der Waals surface area contributed by atoms with E-state index in [1.54, 1.807) is 37.3 Å². The van der Waals surface area contributed by atoms with E-state index in [-0.39, 0.29) is 18.1 Å². The summed E-state index contributed by atoms with van der Waals surface area (Å²) in [4.78, 5) is 25.4. The third-order valence-corrected chi connectivity index (χ3v) is 5.12. The Morgan fingerprint density at radius 1 is 1.16 bits per heavy atom. The van der Waals surface area contributed by atoms with E-state index in [0.717, 1.165) is 0 Å². The first-order valence-corrected chi connectivity index (χ1v) is 9.58. The minimum Gasteiger partial charge on any atom is -0.497 e. The molecule has 1 aromatic heterocycles. The molecule has 0 bridgehead atoms. The Balaban J connectivity index is 1.68. The number of anilines is 2.